The molecule has 7 heteroatoms. The van der Waals surface area contributed by atoms with Crippen molar-refractivity contribution in [2.45, 2.75) is 34.1 Å². The zero-order chi connectivity index (χ0) is 14.1. The van der Waals surface area contributed by atoms with Gasteiger partial charge in [-0.05, 0) is 0 Å². The van der Waals surface area contributed by atoms with Crippen LogP contribution in [0, 0.1) is 0 Å². The first kappa shape index (κ1) is 17.3. The van der Waals surface area contributed by atoms with Gasteiger partial charge >= 0.3 is 133 Å². The fourth-order valence-electron chi connectivity index (χ4n) is 1.39. The molecule has 19 heavy (non-hydrogen) atoms. The predicted octanol–water partition coefficient (Wildman–Crippen LogP) is 1.12. The Kier molecular flexibility index (Phi) is 9.13. The molecule has 4 nitrogen and oxygen atoms in total. The quantitative estimate of drug-likeness (QED) is 0.456. The Labute approximate surface area is 132 Å². The summed E-state index contributed by atoms with van der Waals surface area (Å²) >= 11 is 0.783. The number of esters is 2. The van der Waals surface area contributed by atoms with E-state index in [-0.39, 0.29) is 41.9 Å². The normalized spacial score (nSPS) is 22.2. The van der Waals surface area contributed by atoms with Gasteiger partial charge < -0.3 is 0 Å². The molecule has 1 rings (SSSR count). The Morgan fingerprint density at radius 1 is 0.842 bits per heavy atom. The van der Waals surface area contributed by atoms with Gasteiger partial charge in [0, 0.05) is 0 Å². The van der Waals surface area contributed by atoms with Crippen molar-refractivity contribution >= 4 is 56.8 Å². The number of hydrogen-bond acceptors (Lipinski definition) is 4. The van der Waals surface area contributed by atoms with Crippen LogP contribution in [-0.2, 0) is 19.1 Å². The van der Waals surface area contributed by atoms with Crippen LogP contribution in [0.3, 0.4) is 0 Å². The topological polar surface area (TPSA) is 52.6 Å². The number of rotatable bonds is 2. The minimum atomic E-state index is -0.341. The van der Waals surface area contributed by atoms with Gasteiger partial charge in [0.15, 0.2) is 0 Å². The molecule has 0 spiro atoms. The van der Waals surface area contributed by atoms with E-state index in [0.29, 0.717) is 8.94 Å². The Morgan fingerprint density at radius 2 is 1.26 bits per heavy atom. The van der Waals surface area contributed by atoms with Gasteiger partial charge in [0.25, 0.3) is 0 Å². The Morgan fingerprint density at radius 3 is 1.63 bits per heavy atom. The van der Waals surface area contributed by atoms with Crippen LogP contribution in [0.25, 0.3) is 0 Å². The van der Waals surface area contributed by atoms with Gasteiger partial charge in [0.1, 0.15) is 0 Å². The molecular weight excluding hydrogens is 445 g/mol. The van der Waals surface area contributed by atoms with Crippen LogP contribution in [0.4, 0.5) is 0 Å². The van der Waals surface area contributed by atoms with Crippen LogP contribution in [0.1, 0.15) is 12.8 Å². The van der Waals surface area contributed by atoms with Gasteiger partial charge in [-0.2, -0.15) is 0 Å². The summed E-state index contributed by atoms with van der Waals surface area (Å²) in [5.74, 6) is -0.681. The second kappa shape index (κ2) is 10.0. The molecule has 0 aromatic carbocycles. The van der Waals surface area contributed by atoms with E-state index in [1.54, 1.807) is 0 Å². The van der Waals surface area contributed by atoms with E-state index in [4.69, 9.17) is 9.47 Å². The van der Waals surface area contributed by atoms with E-state index in [2.05, 4.69) is 0 Å². The Balaban J connectivity index is 2.96. The minimum absolute atomic E-state index is 0.0266. The molecule has 0 saturated carbocycles. The monoisotopic (exact) mass is 466 g/mol. The van der Waals surface area contributed by atoms with E-state index < -0.39 is 0 Å². The van der Waals surface area contributed by atoms with E-state index in [1.807, 2.05) is 0 Å². The third kappa shape index (κ3) is 6.03. The van der Waals surface area contributed by atoms with Crippen molar-refractivity contribution in [2.75, 3.05) is 14.2 Å². The van der Waals surface area contributed by atoms with Crippen LogP contribution in [0.5, 0.6) is 0 Å². The van der Waals surface area contributed by atoms with Gasteiger partial charge in [-0.25, -0.2) is 0 Å². The van der Waals surface area contributed by atoms with Gasteiger partial charge in [0.2, 0.25) is 0 Å². The molecule has 0 N–H and O–H groups in total. The maximum absolute atomic E-state index is 11.9. The van der Waals surface area contributed by atoms with E-state index >= 15 is 0 Å². The van der Waals surface area contributed by atoms with Gasteiger partial charge in [-0.1, -0.05) is 0 Å². The standard InChI is InChI=1S/C12H18O4Se3/c1-15-11(13)9-10(12(14)16-2)19-8-4-6-17-5-3-7-18-9/h3-8H2,1-2H3/b10-9+. The molecule has 0 atom stereocenters. The van der Waals surface area contributed by atoms with Gasteiger partial charge in [-0.15, -0.1) is 0 Å². The Bertz CT molecular complexity index is 323. The molecule has 108 valence electrons. The number of ether oxygens (including phenoxy) is 2. The first-order valence-electron chi connectivity index (χ1n) is 5.95. The van der Waals surface area contributed by atoms with Crippen molar-refractivity contribution < 1.29 is 19.1 Å². The van der Waals surface area contributed by atoms with Crippen molar-refractivity contribution in [1.29, 1.82) is 0 Å². The zero-order valence-electron chi connectivity index (χ0n) is 11.1. The SMILES string of the molecule is COC(=O)/C1=C(/C(=O)OC)[Se]CCC[Se]CCC[Se]1. The van der Waals surface area contributed by atoms with Crippen molar-refractivity contribution in [3.63, 3.8) is 0 Å². The number of carbonyl (C=O) groups excluding carboxylic acids is 2. The van der Waals surface area contributed by atoms with Crippen LogP contribution in [-0.4, -0.2) is 71.0 Å². The van der Waals surface area contributed by atoms with Crippen molar-refractivity contribution in [2.24, 2.45) is 0 Å². The Hall–Kier alpha value is 0.238. The van der Waals surface area contributed by atoms with Crippen molar-refractivity contribution in [1.82, 2.24) is 0 Å². The molecule has 0 aromatic rings. The summed E-state index contributed by atoms with van der Waals surface area (Å²) in [5, 5.41) is 4.58. The first-order chi connectivity index (χ1) is 9.20. The molecule has 1 heterocycles. The molecule has 0 unspecified atom stereocenters. The molecule has 0 saturated heterocycles. The summed E-state index contributed by atoms with van der Waals surface area (Å²) in [6, 6.07) is 0. The first-order valence-corrected chi connectivity index (χ1v) is 12.5. The molecule has 0 aromatic heterocycles. The molecule has 0 radical (unpaired) electrons. The summed E-state index contributed by atoms with van der Waals surface area (Å²) in [5.41, 5.74) is 0. The zero-order valence-corrected chi connectivity index (χ0v) is 16.2. The fourth-order valence-corrected chi connectivity index (χ4v) is 10.2. The summed E-state index contributed by atoms with van der Waals surface area (Å²) < 4.78 is 10.9. The van der Waals surface area contributed by atoms with Crippen LogP contribution in [0.2, 0.25) is 21.3 Å². The average molecular weight is 463 g/mol. The molecule has 0 aliphatic carbocycles. The van der Waals surface area contributed by atoms with Crippen LogP contribution >= 0.6 is 0 Å². The summed E-state index contributed by atoms with van der Waals surface area (Å²) in [6.07, 6.45) is 2.31. The summed E-state index contributed by atoms with van der Waals surface area (Å²) in [6.45, 7) is 0. The average Bonchev–Trinajstić information content (AvgIpc) is 2.49. The molecule has 1 aliphatic rings. The van der Waals surface area contributed by atoms with E-state index in [9.17, 15) is 9.59 Å². The van der Waals surface area contributed by atoms with Crippen LogP contribution < -0.4 is 0 Å². The maximum atomic E-state index is 11.9. The van der Waals surface area contributed by atoms with Gasteiger partial charge in [-0.3, -0.25) is 0 Å². The third-order valence-electron chi connectivity index (χ3n) is 2.31. The second-order valence-electron chi connectivity index (χ2n) is 3.66. The number of carbonyl (C=O) groups is 2. The molecule has 0 amide bonds. The number of hydrogen-bond donors (Lipinski definition) is 0. The molecule has 0 fully saturated rings. The van der Waals surface area contributed by atoms with Crippen LogP contribution in [0.15, 0.2) is 8.94 Å². The molecular formula is C12H18O4Se3. The number of methoxy groups -OCH3 is 2. The third-order valence-corrected chi connectivity index (χ3v) is 10.2. The summed E-state index contributed by atoms with van der Waals surface area (Å²) in [7, 11) is 2.75. The fraction of sp³-hybridized carbons (Fsp3) is 0.667. The molecule has 0 bridgehead atoms. The summed E-state index contributed by atoms with van der Waals surface area (Å²) in [4.78, 5) is 23.8. The van der Waals surface area contributed by atoms with Crippen molar-refractivity contribution in [3.05, 3.63) is 8.94 Å². The van der Waals surface area contributed by atoms with E-state index in [1.165, 1.54) is 24.9 Å². The molecule has 1 aliphatic heterocycles. The second-order valence-corrected chi connectivity index (χ2v) is 10.9. The van der Waals surface area contributed by atoms with E-state index in [0.717, 1.165) is 38.4 Å². The predicted molar refractivity (Wildman–Crippen MR) is 76.8 cm³/mol. The van der Waals surface area contributed by atoms with Gasteiger partial charge in [0.05, 0.1) is 0 Å². The van der Waals surface area contributed by atoms with Crippen molar-refractivity contribution in [3.8, 4) is 0 Å².